The van der Waals surface area contributed by atoms with E-state index in [9.17, 15) is 8.78 Å². The fourth-order valence-corrected chi connectivity index (χ4v) is 1.17. The van der Waals surface area contributed by atoms with Crippen LogP contribution >= 0.6 is 15.9 Å². The molecule has 0 aliphatic heterocycles. The fourth-order valence-electron chi connectivity index (χ4n) is 0.728. The molecule has 66 valence electrons. The van der Waals surface area contributed by atoms with Crippen LogP contribution in [0.5, 0.6) is 0 Å². The second-order valence-electron chi connectivity index (χ2n) is 2.13. The number of hydrogen-bond donors (Lipinski definition) is 2. The molecular formula is C6H6BrF2N3. The summed E-state index contributed by atoms with van der Waals surface area (Å²) in [6.07, 6.45) is -2.70. The topological polar surface area (TPSA) is 64.9 Å². The number of rotatable bonds is 1. The zero-order valence-corrected chi connectivity index (χ0v) is 7.48. The molecule has 1 rings (SSSR count). The minimum Gasteiger partial charge on any atom is -0.397 e. The van der Waals surface area contributed by atoms with Crippen LogP contribution in [0.1, 0.15) is 12.1 Å². The number of nitrogen functional groups attached to an aromatic ring is 2. The van der Waals surface area contributed by atoms with Gasteiger partial charge in [-0.2, -0.15) is 0 Å². The first-order valence-electron chi connectivity index (χ1n) is 3.02. The Labute approximate surface area is 75.9 Å². The van der Waals surface area contributed by atoms with E-state index in [1.165, 1.54) is 6.07 Å². The Balaban J connectivity index is 3.28. The van der Waals surface area contributed by atoms with Gasteiger partial charge in [-0.1, -0.05) is 0 Å². The maximum atomic E-state index is 12.2. The van der Waals surface area contributed by atoms with Gasteiger partial charge >= 0.3 is 0 Å². The number of nitrogens with zero attached hydrogens (tertiary/aromatic N) is 1. The van der Waals surface area contributed by atoms with Crippen LogP contribution in [-0.4, -0.2) is 4.98 Å². The molecule has 0 fully saturated rings. The van der Waals surface area contributed by atoms with Crippen LogP contribution in [0.25, 0.3) is 0 Å². The summed E-state index contributed by atoms with van der Waals surface area (Å²) in [5.41, 5.74) is 10.1. The molecule has 0 aliphatic rings. The number of pyridine rings is 1. The fraction of sp³-hybridized carbons (Fsp3) is 0.167. The van der Waals surface area contributed by atoms with Crippen LogP contribution in [0.15, 0.2) is 10.7 Å². The van der Waals surface area contributed by atoms with Crippen molar-refractivity contribution in [1.29, 1.82) is 0 Å². The van der Waals surface area contributed by atoms with Crippen molar-refractivity contribution in [3.8, 4) is 0 Å². The zero-order valence-electron chi connectivity index (χ0n) is 5.89. The van der Waals surface area contributed by atoms with Gasteiger partial charge in [-0.25, -0.2) is 13.8 Å². The molecule has 0 saturated heterocycles. The molecule has 0 aromatic carbocycles. The van der Waals surface area contributed by atoms with Crippen LogP contribution in [0, 0.1) is 0 Å². The van der Waals surface area contributed by atoms with Crippen LogP contribution < -0.4 is 11.5 Å². The van der Waals surface area contributed by atoms with Crippen LogP contribution in [-0.2, 0) is 0 Å². The molecule has 0 spiro atoms. The van der Waals surface area contributed by atoms with Gasteiger partial charge in [0.15, 0.2) is 0 Å². The summed E-state index contributed by atoms with van der Waals surface area (Å²) in [7, 11) is 0. The summed E-state index contributed by atoms with van der Waals surface area (Å²) in [6.45, 7) is 0. The van der Waals surface area contributed by atoms with Crippen molar-refractivity contribution in [2.75, 3.05) is 11.5 Å². The second kappa shape index (κ2) is 3.22. The monoisotopic (exact) mass is 237 g/mol. The zero-order chi connectivity index (χ0) is 9.30. The maximum absolute atomic E-state index is 12.2. The standard InChI is InChI=1S/C6H6BrF2N3/c7-3-1-2(10)4(11)5(12-3)6(8)9/h1,6H,11H2,(H2,10,12). The summed E-state index contributed by atoms with van der Waals surface area (Å²) in [4.78, 5) is 3.49. The SMILES string of the molecule is Nc1cc(Br)nc(C(F)F)c1N. The number of nitrogens with two attached hydrogens (primary N) is 2. The van der Waals surface area contributed by atoms with E-state index < -0.39 is 12.1 Å². The highest BCUT2D eigenvalue weighted by molar-refractivity contribution is 9.10. The van der Waals surface area contributed by atoms with Crippen LogP contribution in [0.3, 0.4) is 0 Å². The molecular weight excluding hydrogens is 232 g/mol. The predicted molar refractivity (Wildman–Crippen MR) is 45.7 cm³/mol. The molecule has 0 amide bonds. The van der Waals surface area contributed by atoms with Crippen molar-refractivity contribution in [1.82, 2.24) is 4.98 Å². The third-order valence-corrected chi connectivity index (χ3v) is 1.70. The van der Waals surface area contributed by atoms with Crippen LogP contribution in [0.2, 0.25) is 0 Å². The quantitative estimate of drug-likeness (QED) is 0.735. The third kappa shape index (κ3) is 1.63. The van der Waals surface area contributed by atoms with Crippen molar-refractivity contribution < 1.29 is 8.78 Å². The van der Waals surface area contributed by atoms with Gasteiger partial charge in [-0.05, 0) is 22.0 Å². The largest absolute Gasteiger partial charge is 0.397 e. The lowest BCUT2D eigenvalue weighted by Crippen LogP contribution is -2.03. The van der Waals surface area contributed by atoms with E-state index in [4.69, 9.17) is 11.5 Å². The van der Waals surface area contributed by atoms with E-state index in [1.54, 1.807) is 0 Å². The van der Waals surface area contributed by atoms with Gasteiger partial charge in [0.1, 0.15) is 10.3 Å². The molecule has 3 nitrogen and oxygen atoms in total. The highest BCUT2D eigenvalue weighted by Crippen LogP contribution is 2.29. The molecule has 4 N–H and O–H groups in total. The average molecular weight is 238 g/mol. The molecule has 1 aromatic rings. The molecule has 0 atom stereocenters. The minimum absolute atomic E-state index is 0.104. The highest BCUT2D eigenvalue weighted by Gasteiger charge is 2.15. The lowest BCUT2D eigenvalue weighted by molar-refractivity contribution is 0.147. The number of aromatic nitrogens is 1. The lowest BCUT2D eigenvalue weighted by atomic mass is 10.3. The van der Waals surface area contributed by atoms with Crippen molar-refractivity contribution in [3.05, 3.63) is 16.4 Å². The molecule has 0 saturated carbocycles. The maximum Gasteiger partial charge on any atom is 0.282 e. The average Bonchev–Trinajstić information content (AvgIpc) is 1.96. The Kier molecular flexibility index (Phi) is 2.46. The molecule has 0 unspecified atom stereocenters. The Morgan fingerprint density at radius 3 is 2.50 bits per heavy atom. The van der Waals surface area contributed by atoms with Gasteiger partial charge < -0.3 is 11.5 Å². The summed E-state index contributed by atoms with van der Waals surface area (Å²) in [6, 6.07) is 1.38. The van der Waals surface area contributed by atoms with E-state index in [-0.39, 0.29) is 16.0 Å². The van der Waals surface area contributed by atoms with Gasteiger partial charge in [0.25, 0.3) is 6.43 Å². The second-order valence-corrected chi connectivity index (χ2v) is 2.95. The van der Waals surface area contributed by atoms with Crippen LogP contribution in [0.4, 0.5) is 20.2 Å². The Morgan fingerprint density at radius 1 is 1.42 bits per heavy atom. The van der Waals surface area contributed by atoms with Crippen molar-refractivity contribution in [3.63, 3.8) is 0 Å². The first kappa shape index (κ1) is 9.18. The molecule has 0 aliphatic carbocycles. The number of alkyl halides is 2. The van der Waals surface area contributed by atoms with E-state index >= 15 is 0 Å². The Morgan fingerprint density at radius 2 is 2.00 bits per heavy atom. The lowest BCUT2D eigenvalue weighted by Gasteiger charge is -2.06. The molecule has 12 heavy (non-hydrogen) atoms. The van der Waals surface area contributed by atoms with Gasteiger partial charge in [0.05, 0.1) is 11.4 Å². The minimum atomic E-state index is -2.70. The molecule has 1 heterocycles. The van der Waals surface area contributed by atoms with Gasteiger partial charge in [0, 0.05) is 0 Å². The smallest absolute Gasteiger partial charge is 0.282 e. The number of anilines is 2. The first-order chi connectivity index (χ1) is 5.52. The molecule has 0 radical (unpaired) electrons. The third-order valence-electron chi connectivity index (χ3n) is 1.30. The van der Waals surface area contributed by atoms with Crippen molar-refractivity contribution >= 4 is 27.3 Å². The summed E-state index contributed by atoms with van der Waals surface area (Å²) in [5.74, 6) is 0. The molecule has 1 aromatic heterocycles. The molecule has 0 bridgehead atoms. The number of halogens is 3. The summed E-state index contributed by atoms with van der Waals surface area (Å²) < 4.78 is 24.6. The van der Waals surface area contributed by atoms with Crippen molar-refractivity contribution in [2.24, 2.45) is 0 Å². The van der Waals surface area contributed by atoms with Crippen molar-refractivity contribution in [2.45, 2.75) is 6.43 Å². The summed E-state index contributed by atoms with van der Waals surface area (Å²) >= 11 is 2.94. The predicted octanol–water partition coefficient (Wildman–Crippen LogP) is 1.95. The van der Waals surface area contributed by atoms with Gasteiger partial charge in [-0.3, -0.25) is 0 Å². The van der Waals surface area contributed by atoms with Gasteiger partial charge in [-0.15, -0.1) is 0 Å². The van der Waals surface area contributed by atoms with E-state index in [0.29, 0.717) is 0 Å². The van der Waals surface area contributed by atoms with E-state index in [1.807, 2.05) is 0 Å². The Bertz CT molecular complexity index is 303. The first-order valence-corrected chi connectivity index (χ1v) is 3.81. The van der Waals surface area contributed by atoms with E-state index in [2.05, 4.69) is 20.9 Å². The summed E-state index contributed by atoms with van der Waals surface area (Å²) in [5, 5.41) is 0. The highest BCUT2D eigenvalue weighted by atomic mass is 79.9. The molecule has 6 heteroatoms. The Hall–Kier alpha value is -0.910. The number of hydrogen-bond acceptors (Lipinski definition) is 3. The normalized spacial score (nSPS) is 10.7. The van der Waals surface area contributed by atoms with Gasteiger partial charge in [0.2, 0.25) is 0 Å². The van der Waals surface area contributed by atoms with E-state index in [0.717, 1.165) is 0 Å².